The van der Waals surface area contributed by atoms with E-state index in [1.54, 1.807) is 48.5 Å². The second-order valence-corrected chi connectivity index (χ2v) is 9.71. The van der Waals surface area contributed by atoms with Gasteiger partial charge in [0.1, 0.15) is 16.7 Å². The number of aryl methyl sites for hydroxylation is 1. The second-order valence-electron chi connectivity index (χ2n) is 7.67. The molecule has 5 nitrogen and oxygen atoms in total. The predicted molar refractivity (Wildman–Crippen MR) is 138 cm³/mol. The highest BCUT2D eigenvalue weighted by atomic mass is 35.5. The first kappa shape index (κ1) is 23.9. The van der Waals surface area contributed by atoms with Crippen molar-refractivity contribution in [3.8, 4) is 6.07 Å². The van der Waals surface area contributed by atoms with Gasteiger partial charge in [0, 0.05) is 21.4 Å². The highest BCUT2D eigenvalue weighted by Crippen LogP contribution is 2.42. The number of halogens is 2. The third-order valence-corrected chi connectivity index (χ3v) is 7.08. The van der Waals surface area contributed by atoms with E-state index in [1.807, 2.05) is 37.3 Å². The van der Waals surface area contributed by atoms with Crippen LogP contribution in [0.15, 0.2) is 83.4 Å². The van der Waals surface area contributed by atoms with E-state index in [-0.39, 0.29) is 16.5 Å². The number of nitrogens with one attached hydrogen (secondary N) is 1. The summed E-state index contributed by atoms with van der Waals surface area (Å²) in [7, 11) is 0. The molecule has 170 valence electrons. The van der Waals surface area contributed by atoms with E-state index in [9.17, 15) is 14.9 Å². The van der Waals surface area contributed by atoms with E-state index < -0.39 is 11.2 Å². The van der Waals surface area contributed by atoms with Gasteiger partial charge in [0.05, 0.1) is 5.25 Å². The van der Waals surface area contributed by atoms with Gasteiger partial charge in [-0.2, -0.15) is 5.26 Å². The number of thioether (sulfide) groups is 1. The van der Waals surface area contributed by atoms with Gasteiger partial charge >= 0.3 is 0 Å². The zero-order chi connectivity index (χ0) is 24.2. The van der Waals surface area contributed by atoms with Crippen LogP contribution >= 0.6 is 35.0 Å². The lowest BCUT2D eigenvalue weighted by Gasteiger charge is -2.18. The molecule has 0 saturated carbocycles. The molecular formula is C26H19Cl2N3O2S. The molecule has 1 fully saturated rings. The molecule has 0 aromatic heterocycles. The molecule has 8 heteroatoms. The molecule has 0 radical (unpaired) electrons. The van der Waals surface area contributed by atoms with Crippen LogP contribution in [-0.4, -0.2) is 17.1 Å². The van der Waals surface area contributed by atoms with Crippen molar-refractivity contribution < 1.29 is 9.59 Å². The van der Waals surface area contributed by atoms with E-state index in [0.29, 0.717) is 27.8 Å². The first-order valence-corrected chi connectivity index (χ1v) is 12.0. The van der Waals surface area contributed by atoms with Crippen LogP contribution in [0, 0.1) is 18.3 Å². The number of hydrogen-bond acceptors (Lipinski definition) is 4. The zero-order valence-corrected chi connectivity index (χ0v) is 20.4. The SMILES string of the molecule is Cc1cccc(NC(=O)/C(C#N)=C2\SC(Cc3cc(Cl)ccc3Cl)C(=O)N2c2ccccc2)c1. The molecule has 3 aromatic rings. The first-order valence-electron chi connectivity index (χ1n) is 10.4. The van der Waals surface area contributed by atoms with Crippen molar-refractivity contribution in [2.45, 2.75) is 18.6 Å². The molecule has 2 amide bonds. The number of para-hydroxylation sites is 1. The fraction of sp³-hybridized carbons (Fsp3) is 0.115. The van der Waals surface area contributed by atoms with Crippen LogP contribution in [-0.2, 0) is 16.0 Å². The zero-order valence-electron chi connectivity index (χ0n) is 18.1. The Bertz CT molecular complexity index is 1340. The average Bonchev–Trinajstić information content (AvgIpc) is 3.13. The minimum atomic E-state index is -0.582. The topological polar surface area (TPSA) is 73.2 Å². The molecule has 1 atom stereocenters. The maximum atomic E-state index is 13.5. The van der Waals surface area contributed by atoms with E-state index in [2.05, 4.69) is 5.32 Å². The van der Waals surface area contributed by atoms with Gasteiger partial charge in [-0.15, -0.1) is 0 Å². The summed E-state index contributed by atoms with van der Waals surface area (Å²) >= 11 is 13.6. The molecule has 1 saturated heterocycles. The summed E-state index contributed by atoms with van der Waals surface area (Å²) < 4.78 is 0. The summed E-state index contributed by atoms with van der Waals surface area (Å²) in [5.41, 5.74) is 2.70. The smallest absolute Gasteiger partial charge is 0.269 e. The van der Waals surface area contributed by atoms with Crippen LogP contribution in [0.1, 0.15) is 11.1 Å². The third-order valence-electron chi connectivity index (χ3n) is 5.21. The Morgan fingerprint density at radius 3 is 2.56 bits per heavy atom. The van der Waals surface area contributed by atoms with Gasteiger partial charge < -0.3 is 5.32 Å². The van der Waals surface area contributed by atoms with Gasteiger partial charge in [-0.25, -0.2) is 0 Å². The van der Waals surface area contributed by atoms with Crippen LogP contribution in [0.25, 0.3) is 0 Å². The van der Waals surface area contributed by atoms with Crippen molar-refractivity contribution in [2.75, 3.05) is 10.2 Å². The van der Waals surface area contributed by atoms with Gasteiger partial charge in [-0.3, -0.25) is 14.5 Å². The van der Waals surface area contributed by atoms with Gasteiger partial charge in [0.2, 0.25) is 5.91 Å². The van der Waals surface area contributed by atoms with Crippen molar-refractivity contribution in [2.24, 2.45) is 0 Å². The molecule has 0 aliphatic carbocycles. The van der Waals surface area contributed by atoms with Crippen LogP contribution in [0.5, 0.6) is 0 Å². The van der Waals surface area contributed by atoms with Crippen LogP contribution < -0.4 is 10.2 Å². The summed E-state index contributed by atoms with van der Waals surface area (Å²) in [6, 6.07) is 23.3. The number of carbonyl (C=O) groups excluding carboxylic acids is 2. The highest BCUT2D eigenvalue weighted by molar-refractivity contribution is 8.05. The molecule has 0 bridgehead atoms. The van der Waals surface area contributed by atoms with Crippen LogP contribution in [0.2, 0.25) is 10.0 Å². The normalized spacial score (nSPS) is 16.8. The standard InChI is InChI=1S/C26H19Cl2N3O2S/c1-16-6-5-7-19(12-16)30-24(32)21(15-29)26-31(20-8-3-2-4-9-20)25(33)23(34-26)14-17-13-18(27)10-11-22(17)28/h2-13,23H,14H2,1H3,(H,30,32)/b26-21-. The summed E-state index contributed by atoms with van der Waals surface area (Å²) in [5.74, 6) is -0.816. The molecular weight excluding hydrogens is 489 g/mol. The Kier molecular flexibility index (Phi) is 7.28. The largest absolute Gasteiger partial charge is 0.321 e. The maximum Gasteiger partial charge on any atom is 0.269 e. The summed E-state index contributed by atoms with van der Waals surface area (Å²) in [4.78, 5) is 28.1. The molecule has 1 aliphatic rings. The summed E-state index contributed by atoms with van der Waals surface area (Å²) in [5, 5.41) is 13.4. The number of anilines is 2. The average molecular weight is 508 g/mol. The Morgan fingerprint density at radius 1 is 1.09 bits per heavy atom. The molecule has 1 aliphatic heterocycles. The van der Waals surface area contributed by atoms with E-state index in [0.717, 1.165) is 11.1 Å². The Hall–Kier alpha value is -3.24. The molecule has 1 N–H and O–H groups in total. The van der Waals surface area contributed by atoms with Crippen molar-refractivity contribution in [1.29, 1.82) is 5.26 Å². The number of carbonyl (C=O) groups is 2. The van der Waals surface area contributed by atoms with E-state index in [4.69, 9.17) is 23.2 Å². The predicted octanol–water partition coefficient (Wildman–Crippen LogP) is 6.37. The molecule has 1 heterocycles. The number of nitrogens with zero attached hydrogens (tertiary/aromatic N) is 2. The van der Waals surface area contributed by atoms with Crippen molar-refractivity contribution in [1.82, 2.24) is 0 Å². The van der Waals surface area contributed by atoms with Crippen molar-refractivity contribution in [3.05, 3.63) is 105 Å². The highest BCUT2D eigenvalue weighted by Gasteiger charge is 2.41. The summed E-state index contributed by atoms with van der Waals surface area (Å²) in [6.45, 7) is 1.91. The van der Waals surface area contributed by atoms with E-state index >= 15 is 0 Å². The van der Waals surface area contributed by atoms with Gasteiger partial charge in [0.25, 0.3) is 5.91 Å². The molecule has 1 unspecified atom stereocenters. The molecule has 3 aromatic carbocycles. The minimum Gasteiger partial charge on any atom is -0.321 e. The lowest BCUT2D eigenvalue weighted by Crippen LogP contribution is -2.31. The Morgan fingerprint density at radius 2 is 1.85 bits per heavy atom. The number of hydrogen-bond donors (Lipinski definition) is 1. The number of rotatable bonds is 5. The number of nitriles is 1. The molecule has 34 heavy (non-hydrogen) atoms. The monoisotopic (exact) mass is 507 g/mol. The quantitative estimate of drug-likeness (QED) is 0.321. The molecule has 0 spiro atoms. The van der Waals surface area contributed by atoms with Crippen LogP contribution in [0.4, 0.5) is 11.4 Å². The first-order chi connectivity index (χ1) is 16.4. The summed E-state index contributed by atoms with van der Waals surface area (Å²) in [6.07, 6.45) is 0.300. The van der Waals surface area contributed by atoms with E-state index in [1.165, 1.54) is 16.7 Å². The van der Waals surface area contributed by atoms with Gasteiger partial charge in [-0.05, 0) is 66.9 Å². The Balaban J connectivity index is 1.73. The number of benzene rings is 3. The maximum absolute atomic E-state index is 13.5. The van der Waals surface area contributed by atoms with Crippen molar-refractivity contribution >= 4 is 58.2 Å². The fourth-order valence-electron chi connectivity index (χ4n) is 3.61. The second kappa shape index (κ2) is 10.4. The van der Waals surface area contributed by atoms with Gasteiger partial charge in [-0.1, -0.05) is 65.3 Å². The minimum absolute atomic E-state index is 0.136. The lowest BCUT2D eigenvalue weighted by molar-refractivity contribution is -0.117. The fourth-order valence-corrected chi connectivity index (χ4v) is 5.30. The molecule has 4 rings (SSSR count). The third kappa shape index (κ3) is 5.13. The van der Waals surface area contributed by atoms with Crippen molar-refractivity contribution in [3.63, 3.8) is 0 Å². The van der Waals surface area contributed by atoms with Gasteiger partial charge in [0.15, 0.2) is 0 Å². The number of amides is 2. The Labute approximate surface area is 212 Å². The lowest BCUT2D eigenvalue weighted by atomic mass is 10.1. The van der Waals surface area contributed by atoms with Crippen LogP contribution in [0.3, 0.4) is 0 Å².